The van der Waals surface area contributed by atoms with Crippen molar-refractivity contribution in [3.63, 3.8) is 0 Å². The van der Waals surface area contributed by atoms with Gasteiger partial charge in [-0.05, 0) is 30.5 Å². The number of halogens is 1. The molecule has 0 unspecified atom stereocenters. The molecule has 4 heteroatoms. The van der Waals surface area contributed by atoms with Crippen LogP contribution in [0.2, 0.25) is 0 Å². The highest BCUT2D eigenvalue weighted by Crippen LogP contribution is 2.29. The van der Waals surface area contributed by atoms with E-state index < -0.39 is 5.97 Å². The highest BCUT2D eigenvalue weighted by molar-refractivity contribution is 5.85. The molecule has 0 saturated carbocycles. The highest BCUT2D eigenvalue weighted by Gasteiger charge is 2.21. The monoisotopic (exact) mass is 227 g/mol. The molecular weight excluding hydrogens is 214 g/mol. The fourth-order valence-electron chi connectivity index (χ4n) is 2.00. The molecule has 1 aliphatic heterocycles. The van der Waals surface area contributed by atoms with Gasteiger partial charge in [-0.3, -0.25) is 4.79 Å². The molecular formula is C11H14ClNO2. The Bertz CT molecular complexity index is 379. The summed E-state index contributed by atoms with van der Waals surface area (Å²) in [7, 11) is 0. The molecule has 0 fully saturated rings. The van der Waals surface area contributed by atoms with E-state index in [1.54, 1.807) is 0 Å². The Balaban J connectivity index is 0.00000112. The topological polar surface area (TPSA) is 40.5 Å². The van der Waals surface area contributed by atoms with Crippen LogP contribution >= 0.6 is 12.4 Å². The summed E-state index contributed by atoms with van der Waals surface area (Å²) in [6, 6.07) is 6.05. The van der Waals surface area contributed by atoms with Crippen LogP contribution in [-0.4, -0.2) is 24.2 Å². The Morgan fingerprint density at radius 2 is 2.27 bits per heavy atom. The predicted octanol–water partition coefficient (Wildman–Crippen LogP) is 1.86. The summed E-state index contributed by atoms with van der Waals surface area (Å²) in [4.78, 5) is 12.5. The van der Waals surface area contributed by atoms with Gasteiger partial charge in [-0.15, -0.1) is 12.4 Å². The summed E-state index contributed by atoms with van der Waals surface area (Å²) >= 11 is 0. The lowest BCUT2D eigenvalue weighted by molar-refractivity contribution is -0.135. The van der Waals surface area contributed by atoms with E-state index in [1.807, 2.05) is 17.0 Å². The van der Waals surface area contributed by atoms with E-state index in [2.05, 4.69) is 13.0 Å². The average molecular weight is 228 g/mol. The maximum atomic E-state index is 10.6. The minimum atomic E-state index is -0.764. The standard InChI is InChI=1S/C11H13NO2.ClH/c1-8-3-2-4-10-9(8)5-6-12(10)7-11(13)14;/h2-4H,5-7H2,1H3,(H,13,14);1H. The lowest BCUT2D eigenvalue weighted by atomic mass is 10.1. The molecule has 0 saturated heterocycles. The molecule has 0 aromatic heterocycles. The van der Waals surface area contributed by atoms with Crippen molar-refractivity contribution in [3.8, 4) is 0 Å². The van der Waals surface area contributed by atoms with Gasteiger partial charge >= 0.3 is 5.97 Å². The van der Waals surface area contributed by atoms with Crippen molar-refractivity contribution in [2.24, 2.45) is 0 Å². The number of aliphatic carboxylic acids is 1. The number of rotatable bonds is 2. The first-order valence-electron chi connectivity index (χ1n) is 4.73. The third-order valence-corrected chi connectivity index (χ3v) is 2.68. The van der Waals surface area contributed by atoms with Crippen LogP contribution in [0, 0.1) is 6.92 Å². The molecule has 1 aromatic carbocycles. The van der Waals surface area contributed by atoms with Gasteiger partial charge in [-0.1, -0.05) is 12.1 Å². The molecule has 15 heavy (non-hydrogen) atoms. The fraction of sp³-hybridized carbons (Fsp3) is 0.364. The van der Waals surface area contributed by atoms with Crippen molar-refractivity contribution in [2.45, 2.75) is 13.3 Å². The number of benzene rings is 1. The Morgan fingerprint density at radius 1 is 1.53 bits per heavy atom. The lowest BCUT2D eigenvalue weighted by Crippen LogP contribution is -2.27. The van der Waals surface area contributed by atoms with E-state index in [0.717, 1.165) is 18.7 Å². The first kappa shape index (κ1) is 11.9. The highest BCUT2D eigenvalue weighted by atomic mass is 35.5. The number of aryl methyl sites for hydroxylation is 1. The van der Waals surface area contributed by atoms with Gasteiger partial charge in [0.1, 0.15) is 6.54 Å². The van der Waals surface area contributed by atoms with Gasteiger partial charge in [0.2, 0.25) is 0 Å². The summed E-state index contributed by atoms with van der Waals surface area (Å²) in [5, 5.41) is 8.73. The van der Waals surface area contributed by atoms with Crippen molar-refractivity contribution < 1.29 is 9.90 Å². The number of hydrogen-bond acceptors (Lipinski definition) is 2. The number of hydrogen-bond donors (Lipinski definition) is 1. The average Bonchev–Trinajstić information content (AvgIpc) is 2.49. The molecule has 1 aliphatic rings. The smallest absolute Gasteiger partial charge is 0.323 e. The molecule has 1 heterocycles. The maximum Gasteiger partial charge on any atom is 0.323 e. The van der Waals surface area contributed by atoms with Crippen LogP contribution in [0.4, 0.5) is 5.69 Å². The zero-order valence-corrected chi connectivity index (χ0v) is 9.38. The number of nitrogens with zero attached hydrogens (tertiary/aromatic N) is 1. The molecule has 0 bridgehead atoms. The van der Waals surface area contributed by atoms with E-state index in [9.17, 15) is 4.79 Å². The summed E-state index contributed by atoms with van der Waals surface area (Å²) in [6.45, 7) is 3.01. The van der Waals surface area contributed by atoms with E-state index in [4.69, 9.17) is 5.11 Å². The third-order valence-electron chi connectivity index (χ3n) is 2.68. The van der Waals surface area contributed by atoms with Crippen molar-refractivity contribution in [2.75, 3.05) is 18.0 Å². The molecule has 0 amide bonds. The van der Waals surface area contributed by atoms with Gasteiger partial charge in [0.25, 0.3) is 0 Å². The first-order valence-corrected chi connectivity index (χ1v) is 4.73. The molecule has 3 nitrogen and oxygen atoms in total. The van der Waals surface area contributed by atoms with Gasteiger partial charge < -0.3 is 10.0 Å². The summed E-state index contributed by atoms with van der Waals surface area (Å²) in [6.07, 6.45) is 0.968. The van der Waals surface area contributed by atoms with Gasteiger partial charge in [0.15, 0.2) is 0 Å². The van der Waals surface area contributed by atoms with Gasteiger partial charge in [-0.25, -0.2) is 0 Å². The van der Waals surface area contributed by atoms with Crippen LogP contribution in [0.25, 0.3) is 0 Å². The van der Waals surface area contributed by atoms with Crippen LogP contribution in [0.15, 0.2) is 18.2 Å². The maximum absolute atomic E-state index is 10.6. The number of carboxylic acids is 1. The molecule has 1 aromatic rings. The van der Waals surface area contributed by atoms with Gasteiger partial charge in [0.05, 0.1) is 0 Å². The van der Waals surface area contributed by atoms with Crippen LogP contribution < -0.4 is 4.90 Å². The third kappa shape index (κ3) is 2.23. The van der Waals surface area contributed by atoms with Crippen molar-refractivity contribution in [3.05, 3.63) is 29.3 Å². The quantitative estimate of drug-likeness (QED) is 0.839. The van der Waals surface area contributed by atoms with Crippen LogP contribution in [-0.2, 0) is 11.2 Å². The molecule has 2 rings (SSSR count). The second-order valence-electron chi connectivity index (χ2n) is 3.64. The second kappa shape index (κ2) is 4.53. The fourth-order valence-corrected chi connectivity index (χ4v) is 2.00. The summed E-state index contributed by atoms with van der Waals surface area (Å²) in [5.74, 6) is -0.764. The molecule has 1 N–H and O–H groups in total. The SMILES string of the molecule is Cc1cccc2c1CCN2CC(=O)O.Cl. The lowest BCUT2D eigenvalue weighted by Gasteiger charge is -2.16. The van der Waals surface area contributed by atoms with Crippen LogP contribution in [0.3, 0.4) is 0 Å². The van der Waals surface area contributed by atoms with Crippen molar-refractivity contribution in [1.29, 1.82) is 0 Å². The zero-order chi connectivity index (χ0) is 10.1. The number of carbonyl (C=O) groups is 1. The Labute approximate surface area is 95.1 Å². The normalized spacial score (nSPS) is 13.3. The number of fused-ring (bicyclic) bond motifs is 1. The van der Waals surface area contributed by atoms with Gasteiger partial charge in [-0.2, -0.15) is 0 Å². The molecule has 0 radical (unpaired) electrons. The predicted molar refractivity (Wildman–Crippen MR) is 62.0 cm³/mol. The molecule has 0 aliphatic carbocycles. The summed E-state index contributed by atoms with van der Waals surface area (Å²) in [5.41, 5.74) is 3.65. The van der Waals surface area contributed by atoms with Crippen LogP contribution in [0.5, 0.6) is 0 Å². The Morgan fingerprint density at radius 3 is 2.93 bits per heavy atom. The van der Waals surface area contributed by atoms with E-state index in [0.29, 0.717) is 0 Å². The number of carboxylic acid groups (broad SMARTS) is 1. The zero-order valence-electron chi connectivity index (χ0n) is 8.56. The number of anilines is 1. The molecule has 82 valence electrons. The van der Waals surface area contributed by atoms with Crippen molar-refractivity contribution >= 4 is 24.1 Å². The summed E-state index contributed by atoms with van der Waals surface area (Å²) < 4.78 is 0. The molecule has 0 spiro atoms. The second-order valence-corrected chi connectivity index (χ2v) is 3.64. The minimum absolute atomic E-state index is 0. The Kier molecular flexibility index (Phi) is 3.58. The van der Waals surface area contributed by atoms with E-state index in [1.165, 1.54) is 11.1 Å². The largest absolute Gasteiger partial charge is 0.480 e. The van der Waals surface area contributed by atoms with E-state index in [-0.39, 0.29) is 19.0 Å². The van der Waals surface area contributed by atoms with E-state index >= 15 is 0 Å². The van der Waals surface area contributed by atoms with Gasteiger partial charge in [0, 0.05) is 12.2 Å². The van der Waals surface area contributed by atoms with Crippen molar-refractivity contribution in [1.82, 2.24) is 0 Å². The first-order chi connectivity index (χ1) is 6.68. The Hall–Kier alpha value is -1.22. The molecule has 0 atom stereocenters. The minimum Gasteiger partial charge on any atom is -0.480 e. The van der Waals surface area contributed by atoms with Crippen LogP contribution in [0.1, 0.15) is 11.1 Å².